The maximum absolute atomic E-state index is 12.2. The van der Waals surface area contributed by atoms with E-state index in [1.807, 2.05) is 6.26 Å². The van der Waals surface area contributed by atoms with Crippen LogP contribution in [0.4, 0.5) is 13.2 Å². The molecule has 6 nitrogen and oxygen atoms in total. The first-order valence-corrected chi connectivity index (χ1v) is 10.6. The van der Waals surface area contributed by atoms with Crippen molar-refractivity contribution in [1.29, 1.82) is 0 Å². The SMILES string of the molecule is CSCC1=C(C(=O)O)N2C(=O)C(NC(=O)CSCC(F)(F)F)[C@H]2SC1. The van der Waals surface area contributed by atoms with Gasteiger partial charge in [-0.2, -0.15) is 24.9 Å². The lowest BCUT2D eigenvalue weighted by Gasteiger charge is -2.49. The second-order valence-corrected chi connectivity index (χ2v) is 8.21. The fourth-order valence-electron chi connectivity index (χ4n) is 2.44. The highest BCUT2D eigenvalue weighted by atomic mass is 32.2. The normalized spacial score (nSPS) is 23.2. The number of nitrogens with zero attached hydrogens (tertiary/aromatic N) is 1. The van der Waals surface area contributed by atoms with E-state index < -0.39 is 46.9 Å². The fourth-order valence-corrected chi connectivity index (χ4v) is 5.11. The number of hydrogen-bond donors (Lipinski definition) is 2. The van der Waals surface area contributed by atoms with E-state index in [0.29, 0.717) is 28.8 Å². The van der Waals surface area contributed by atoms with Crippen molar-refractivity contribution >= 4 is 53.1 Å². The third-order valence-corrected chi connectivity index (χ3v) is 6.36. The second kappa shape index (κ2) is 8.12. The van der Waals surface area contributed by atoms with Crippen LogP contribution in [0.1, 0.15) is 0 Å². The number of β-lactam (4-membered cyclic amide) rings is 1. The highest BCUT2D eigenvalue weighted by Crippen LogP contribution is 2.40. The number of carbonyl (C=O) groups excluding carboxylic acids is 2. The third-order valence-electron chi connectivity index (χ3n) is 3.38. The monoisotopic (exact) mass is 416 g/mol. The van der Waals surface area contributed by atoms with Crippen molar-refractivity contribution in [1.82, 2.24) is 10.2 Å². The predicted molar refractivity (Wildman–Crippen MR) is 91.4 cm³/mol. The zero-order valence-electron chi connectivity index (χ0n) is 13.0. The van der Waals surface area contributed by atoms with Crippen LogP contribution in [0.2, 0.25) is 0 Å². The van der Waals surface area contributed by atoms with Crippen molar-refractivity contribution in [2.75, 3.05) is 29.3 Å². The van der Waals surface area contributed by atoms with Gasteiger partial charge in [-0.3, -0.25) is 14.5 Å². The molecule has 0 spiro atoms. The molecule has 1 unspecified atom stereocenters. The van der Waals surface area contributed by atoms with E-state index in [1.165, 1.54) is 23.5 Å². The molecule has 1 saturated heterocycles. The van der Waals surface area contributed by atoms with Crippen LogP contribution in [-0.4, -0.2) is 74.6 Å². The van der Waals surface area contributed by atoms with Gasteiger partial charge in [0, 0.05) is 11.5 Å². The van der Waals surface area contributed by atoms with Crippen molar-refractivity contribution in [2.45, 2.75) is 17.6 Å². The Labute approximate surface area is 154 Å². The van der Waals surface area contributed by atoms with Gasteiger partial charge in [-0.15, -0.1) is 23.5 Å². The summed E-state index contributed by atoms with van der Waals surface area (Å²) in [5.74, 6) is -3.09. The summed E-state index contributed by atoms with van der Waals surface area (Å²) in [4.78, 5) is 36.6. The van der Waals surface area contributed by atoms with Crippen LogP contribution in [0.15, 0.2) is 11.3 Å². The average Bonchev–Trinajstić information content (AvgIpc) is 2.51. The van der Waals surface area contributed by atoms with E-state index in [0.717, 1.165) is 4.90 Å². The zero-order valence-corrected chi connectivity index (χ0v) is 15.4. The molecule has 0 saturated carbocycles. The molecule has 140 valence electrons. The topological polar surface area (TPSA) is 86.7 Å². The molecule has 2 rings (SSSR count). The summed E-state index contributed by atoms with van der Waals surface area (Å²) >= 11 is 3.19. The number of fused-ring (bicyclic) bond motifs is 1. The quantitative estimate of drug-likeness (QED) is 0.607. The highest BCUT2D eigenvalue weighted by molar-refractivity contribution is 8.01. The minimum atomic E-state index is -4.36. The summed E-state index contributed by atoms with van der Waals surface area (Å²) in [6.45, 7) is 0. The summed E-state index contributed by atoms with van der Waals surface area (Å²) in [6.07, 6.45) is -2.54. The van der Waals surface area contributed by atoms with Gasteiger partial charge in [0.15, 0.2) is 0 Å². The van der Waals surface area contributed by atoms with E-state index in [4.69, 9.17) is 0 Å². The van der Waals surface area contributed by atoms with E-state index in [9.17, 15) is 32.7 Å². The van der Waals surface area contributed by atoms with Crippen LogP contribution < -0.4 is 5.32 Å². The first-order chi connectivity index (χ1) is 11.7. The zero-order chi connectivity index (χ0) is 18.8. The Balaban J connectivity index is 1.97. The fraction of sp³-hybridized carbons (Fsp3) is 0.615. The number of nitrogens with one attached hydrogen (secondary N) is 1. The maximum atomic E-state index is 12.2. The maximum Gasteiger partial charge on any atom is 0.397 e. The van der Waals surface area contributed by atoms with Crippen molar-refractivity contribution in [3.8, 4) is 0 Å². The number of thioether (sulfide) groups is 3. The Morgan fingerprint density at radius 1 is 1.44 bits per heavy atom. The Kier molecular flexibility index (Phi) is 6.60. The molecule has 2 aliphatic heterocycles. The van der Waals surface area contributed by atoms with Crippen molar-refractivity contribution in [2.24, 2.45) is 0 Å². The summed E-state index contributed by atoms with van der Waals surface area (Å²) in [5, 5.41) is 11.2. The summed E-state index contributed by atoms with van der Waals surface area (Å²) < 4.78 is 36.2. The smallest absolute Gasteiger partial charge is 0.397 e. The molecule has 12 heteroatoms. The van der Waals surface area contributed by atoms with Gasteiger partial charge in [-0.25, -0.2) is 4.79 Å². The molecule has 2 N–H and O–H groups in total. The van der Waals surface area contributed by atoms with Crippen LogP contribution >= 0.6 is 35.3 Å². The molecule has 2 heterocycles. The standard InChI is InChI=1S/C13H15F3N2O4S3/c1-23-2-6-3-25-11-8(10(20)18(11)9(6)12(21)22)17-7(19)4-24-5-13(14,15)16/h8,11H,2-5H2,1H3,(H,17,19)(H,21,22)/t8?,11-/m1/s1. The van der Waals surface area contributed by atoms with Crippen LogP contribution in [-0.2, 0) is 14.4 Å². The lowest BCUT2D eigenvalue weighted by atomic mass is 10.0. The Morgan fingerprint density at radius 3 is 2.68 bits per heavy atom. The first kappa shape index (κ1) is 20.3. The lowest BCUT2D eigenvalue weighted by molar-refractivity contribution is -0.150. The van der Waals surface area contributed by atoms with Gasteiger partial charge < -0.3 is 10.4 Å². The number of alkyl halides is 3. The molecule has 2 atom stereocenters. The van der Waals surface area contributed by atoms with Crippen LogP contribution in [0.3, 0.4) is 0 Å². The molecular weight excluding hydrogens is 401 g/mol. The van der Waals surface area contributed by atoms with Gasteiger partial charge in [0.1, 0.15) is 17.1 Å². The molecule has 2 amide bonds. The van der Waals surface area contributed by atoms with Gasteiger partial charge in [-0.1, -0.05) is 0 Å². The van der Waals surface area contributed by atoms with Crippen LogP contribution in [0.5, 0.6) is 0 Å². The molecule has 2 aliphatic rings. The van der Waals surface area contributed by atoms with Crippen molar-refractivity contribution < 1.29 is 32.7 Å². The molecule has 0 radical (unpaired) electrons. The van der Waals surface area contributed by atoms with E-state index in [-0.39, 0.29) is 5.70 Å². The van der Waals surface area contributed by atoms with Gasteiger partial charge in [-0.05, 0) is 11.8 Å². The summed E-state index contributed by atoms with van der Waals surface area (Å²) in [7, 11) is 0. The Bertz CT molecular complexity index is 612. The predicted octanol–water partition coefficient (Wildman–Crippen LogP) is 1.38. The minimum absolute atomic E-state index is 0.0555. The number of aliphatic carboxylic acids is 1. The van der Waals surface area contributed by atoms with Gasteiger partial charge in [0.25, 0.3) is 5.91 Å². The second-order valence-electron chi connectivity index (χ2n) is 5.25. The van der Waals surface area contributed by atoms with E-state index in [1.54, 1.807) is 0 Å². The number of carboxylic acids is 1. The molecular formula is C13H15F3N2O4S3. The van der Waals surface area contributed by atoms with Gasteiger partial charge in [0.2, 0.25) is 5.91 Å². The highest BCUT2D eigenvalue weighted by Gasteiger charge is 2.54. The van der Waals surface area contributed by atoms with E-state index >= 15 is 0 Å². The molecule has 0 aromatic heterocycles. The number of amides is 2. The lowest BCUT2D eigenvalue weighted by Crippen LogP contribution is -2.70. The van der Waals surface area contributed by atoms with Gasteiger partial charge in [0.05, 0.1) is 11.5 Å². The molecule has 25 heavy (non-hydrogen) atoms. The number of carboxylic acid groups (broad SMARTS) is 1. The van der Waals surface area contributed by atoms with Crippen LogP contribution in [0.25, 0.3) is 0 Å². The van der Waals surface area contributed by atoms with Crippen molar-refractivity contribution in [3.05, 3.63) is 11.3 Å². The molecule has 0 bridgehead atoms. The summed E-state index contributed by atoms with van der Waals surface area (Å²) in [6, 6.07) is -0.908. The number of rotatable bonds is 7. The molecule has 0 aromatic rings. The van der Waals surface area contributed by atoms with E-state index in [2.05, 4.69) is 5.32 Å². The number of carbonyl (C=O) groups is 3. The summed E-state index contributed by atoms with van der Waals surface area (Å²) in [5.41, 5.74) is 0.583. The minimum Gasteiger partial charge on any atom is -0.477 e. The third kappa shape index (κ3) is 4.79. The van der Waals surface area contributed by atoms with Gasteiger partial charge >= 0.3 is 12.1 Å². The molecule has 0 aliphatic carbocycles. The number of halogens is 3. The number of hydrogen-bond acceptors (Lipinski definition) is 6. The first-order valence-electron chi connectivity index (χ1n) is 6.98. The van der Waals surface area contributed by atoms with Crippen molar-refractivity contribution in [3.63, 3.8) is 0 Å². The van der Waals surface area contributed by atoms with Crippen LogP contribution in [0, 0.1) is 0 Å². The molecule has 0 aromatic carbocycles. The Morgan fingerprint density at radius 2 is 2.12 bits per heavy atom. The largest absolute Gasteiger partial charge is 0.477 e. The average molecular weight is 416 g/mol. The Hall–Kier alpha value is -1.01. The molecule has 1 fully saturated rings.